The van der Waals surface area contributed by atoms with Crippen LogP contribution in [0.1, 0.15) is 34.8 Å². The number of anilines is 1. The molecule has 2 N–H and O–H groups in total. The van der Waals surface area contributed by atoms with Gasteiger partial charge in [-0.15, -0.1) is 24.8 Å². The SMILES string of the molecule is COc1ccc(C(=O)N2CCN(c3cc(C4CC(N)C4)ncn3)CC2)cc1.Cl.Cl. The molecule has 29 heavy (non-hydrogen) atoms. The minimum atomic E-state index is 0. The summed E-state index contributed by atoms with van der Waals surface area (Å²) in [7, 11) is 1.62. The van der Waals surface area contributed by atoms with Crippen molar-refractivity contribution in [1.82, 2.24) is 14.9 Å². The van der Waals surface area contributed by atoms with Crippen molar-refractivity contribution in [2.75, 3.05) is 38.2 Å². The van der Waals surface area contributed by atoms with Gasteiger partial charge in [0.25, 0.3) is 5.91 Å². The molecule has 1 aromatic heterocycles. The summed E-state index contributed by atoms with van der Waals surface area (Å²) in [6.07, 6.45) is 3.64. The molecule has 1 aliphatic carbocycles. The maximum Gasteiger partial charge on any atom is 0.253 e. The monoisotopic (exact) mass is 439 g/mol. The summed E-state index contributed by atoms with van der Waals surface area (Å²) in [5.41, 5.74) is 7.67. The Morgan fingerprint density at radius 1 is 1.07 bits per heavy atom. The first-order valence-corrected chi connectivity index (χ1v) is 9.40. The molecule has 2 fully saturated rings. The molecule has 1 saturated carbocycles. The fourth-order valence-electron chi connectivity index (χ4n) is 3.72. The highest BCUT2D eigenvalue weighted by Crippen LogP contribution is 2.35. The highest BCUT2D eigenvalue weighted by atomic mass is 35.5. The second-order valence-electron chi connectivity index (χ2n) is 7.24. The van der Waals surface area contributed by atoms with E-state index in [1.807, 2.05) is 29.2 Å². The minimum Gasteiger partial charge on any atom is -0.497 e. The van der Waals surface area contributed by atoms with Crippen molar-refractivity contribution in [2.24, 2.45) is 5.73 Å². The number of piperazine rings is 1. The number of hydrogen-bond donors (Lipinski definition) is 1. The van der Waals surface area contributed by atoms with Crippen molar-refractivity contribution >= 4 is 36.5 Å². The number of aromatic nitrogens is 2. The lowest BCUT2D eigenvalue weighted by molar-refractivity contribution is 0.0746. The molecule has 0 atom stereocenters. The minimum absolute atomic E-state index is 0. The Hall–Kier alpha value is -2.09. The van der Waals surface area contributed by atoms with Gasteiger partial charge in [-0.1, -0.05) is 0 Å². The van der Waals surface area contributed by atoms with E-state index in [9.17, 15) is 4.79 Å². The number of nitrogens with two attached hydrogens (primary N) is 1. The lowest BCUT2D eigenvalue weighted by Gasteiger charge is -2.36. The van der Waals surface area contributed by atoms with E-state index in [0.717, 1.165) is 43.2 Å². The van der Waals surface area contributed by atoms with Crippen LogP contribution in [0.3, 0.4) is 0 Å². The van der Waals surface area contributed by atoms with E-state index in [1.165, 1.54) is 0 Å². The number of benzene rings is 1. The second-order valence-corrected chi connectivity index (χ2v) is 7.24. The summed E-state index contributed by atoms with van der Waals surface area (Å²) in [5.74, 6) is 2.21. The molecule has 7 nitrogen and oxygen atoms in total. The fraction of sp³-hybridized carbons (Fsp3) is 0.450. The van der Waals surface area contributed by atoms with Gasteiger partial charge in [-0.25, -0.2) is 9.97 Å². The number of methoxy groups -OCH3 is 1. The predicted octanol–water partition coefficient (Wildman–Crippen LogP) is 2.50. The molecule has 1 saturated heterocycles. The molecule has 1 aromatic carbocycles. The van der Waals surface area contributed by atoms with Crippen molar-refractivity contribution in [3.8, 4) is 5.75 Å². The number of halogens is 2. The van der Waals surface area contributed by atoms with Gasteiger partial charge in [0, 0.05) is 55.5 Å². The summed E-state index contributed by atoms with van der Waals surface area (Å²) >= 11 is 0. The van der Waals surface area contributed by atoms with Crippen LogP contribution < -0.4 is 15.4 Å². The van der Waals surface area contributed by atoms with Gasteiger partial charge in [-0.05, 0) is 37.1 Å². The lowest BCUT2D eigenvalue weighted by atomic mass is 9.78. The van der Waals surface area contributed by atoms with Crippen LogP contribution in [-0.2, 0) is 0 Å². The number of amides is 1. The van der Waals surface area contributed by atoms with E-state index < -0.39 is 0 Å². The fourth-order valence-corrected chi connectivity index (χ4v) is 3.72. The van der Waals surface area contributed by atoms with Gasteiger partial charge >= 0.3 is 0 Å². The Balaban J connectivity index is 0.00000150. The second kappa shape index (κ2) is 10.1. The van der Waals surface area contributed by atoms with Gasteiger partial charge in [0.1, 0.15) is 17.9 Å². The predicted molar refractivity (Wildman–Crippen MR) is 118 cm³/mol. The van der Waals surface area contributed by atoms with Crippen molar-refractivity contribution in [3.05, 3.63) is 47.9 Å². The number of nitrogens with zero attached hydrogens (tertiary/aromatic N) is 4. The molecule has 0 spiro atoms. The van der Waals surface area contributed by atoms with Gasteiger partial charge < -0.3 is 20.3 Å². The highest BCUT2D eigenvalue weighted by Gasteiger charge is 2.29. The van der Waals surface area contributed by atoms with Crippen LogP contribution in [0, 0.1) is 0 Å². The van der Waals surface area contributed by atoms with Crippen LogP contribution >= 0.6 is 24.8 Å². The van der Waals surface area contributed by atoms with Gasteiger partial charge in [-0.2, -0.15) is 0 Å². The average Bonchev–Trinajstić information content (AvgIpc) is 2.71. The summed E-state index contributed by atoms with van der Waals surface area (Å²) in [4.78, 5) is 25.7. The van der Waals surface area contributed by atoms with E-state index in [4.69, 9.17) is 10.5 Å². The number of carbonyl (C=O) groups is 1. The number of rotatable bonds is 4. The summed E-state index contributed by atoms with van der Waals surface area (Å²) in [6, 6.07) is 9.65. The first-order chi connectivity index (χ1) is 13.1. The smallest absolute Gasteiger partial charge is 0.253 e. The number of carbonyl (C=O) groups excluding carboxylic acids is 1. The lowest BCUT2D eigenvalue weighted by Crippen LogP contribution is -2.49. The molecule has 1 aliphatic heterocycles. The molecule has 2 heterocycles. The van der Waals surface area contributed by atoms with Crippen LogP contribution in [0.2, 0.25) is 0 Å². The van der Waals surface area contributed by atoms with Gasteiger partial charge in [-0.3, -0.25) is 4.79 Å². The zero-order valence-corrected chi connectivity index (χ0v) is 18.0. The van der Waals surface area contributed by atoms with Crippen LogP contribution in [0.5, 0.6) is 5.75 Å². The van der Waals surface area contributed by atoms with E-state index in [1.54, 1.807) is 13.4 Å². The molecule has 4 rings (SSSR count). The zero-order chi connectivity index (χ0) is 18.8. The Labute approximate surface area is 183 Å². The topological polar surface area (TPSA) is 84.6 Å². The average molecular weight is 440 g/mol. The van der Waals surface area contributed by atoms with E-state index in [-0.39, 0.29) is 30.7 Å². The molecule has 2 aliphatic rings. The molecule has 0 radical (unpaired) electrons. The van der Waals surface area contributed by atoms with Crippen LogP contribution in [-0.4, -0.2) is 60.1 Å². The molecular weight excluding hydrogens is 413 g/mol. The third-order valence-electron chi connectivity index (χ3n) is 5.49. The normalized spacial score (nSPS) is 20.8. The van der Waals surface area contributed by atoms with Crippen molar-refractivity contribution in [2.45, 2.75) is 24.8 Å². The number of ether oxygens (including phenoxy) is 1. The summed E-state index contributed by atoms with van der Waals surface area (Å²) in [5, 5.41) is 0. The third-order valence-corrected chi connectivity index (χ3v) is 5.49. The Kier molecular flexibility index (Phi) is 8.07. The molecular formula is C20H27Cl2N5O2. The van der Waals surface area contributed by atoms with Gasteiger partial charge in [0.2, 0.25) is 0 Å². The van der Waals surface area contributed by atoms with E-state index in [0.29, 0.717) is 30.6 Å². The molecule has 2 aromatic rings. The van der Waals surface area contributed by atoms with Gasteiger partial charge in [0.15, 0.2) is 0 Å². The molecule has 158 valence electrons. The maximum absolute atomic E-state index is 12.7. The van der Waals surface area contributed by atoms with Crippen LogP contribution in [0.15, 0.2) is 36.7 Å². The molecule has 9 heteroatoms. The van der Waals surface area contributed by atoms with E-state index >= 15 is 0 Å². The van der Waals surface area contributed by atoms with Crippen LogP contribution in [0.4, 0.5) is 5.82 Å². The number of hydrogen-bond acceptors (Lipinski definition) is 6. The summed E-state index contributed by atoms with van der Waals surface area (Å²) in [6.45, 7) is 2.89. The van der Waals surface area contributed by atoms with Crippen molar-refractivity contribution in [3.63, 3.8) is 0 Å². The zero-order valence-electron chi connectivity index (χ0n) is 16.4. The largest absolute Gasteiger partial charge is 0.497 e. The Morgan fingerprint density at radius 2 is 1.72 bits per heavy atom. The Morgan fingerprint density at radius 3 is 2.31 bits per heavy atom. The molecule has 1 amide bonds. The highest BCUT2D eigenvalue weighted by molar-refractivity contribution is 5.94. The standard InChI is InChI=1S/C20H25N5O2.2ClH/c1-27-17-4-2-14(3-5-17)20(26)25-8-6-24(7-9-25)19-12-18(22-13-23-19)15-10-16(21)11-15;;/h2-5,12-13,15-16H,6-11,21H2,1H3;2*1H. The first kappa shape index (κ1) is 23.2. The van der Waals surface area contributed by atoms with Crippen LogP contribution in [0.25, 0.3) is 0 Å². The first-order valence-electron chi connectivity index (χ1n) is 9.40. The third kappa shape index (κ3) is 5.10. The molecule has 0 bridgehead atoms. The molecule has 0 unspecified atom stereocenters. The van der Waals surface area contributed by atoms with Gasteiger partial charge in [0.05, 0.1) is 7.11 Å². The van der Waals surface area contributed by atoms with E-state index in [2.05, 4.69) is 20.9 Å². The Bertz CT molecular complexity index is 807. The quantitative estimate of drug-likeness (QED) is 0.787. The maximum atomic E-state index is 12.7. The van der Waals surface area contributed by atoms with Crippen molar-refractivity contribution in [1.29, 1.82) is 0 Å². The summed E-state index contributed by atoms with van der Waals surface area (Å²) < 4.78 is 5.15. The van der Waals surface area contributed by atoms with Crippen molar-refractivity contribution < 1.29 is 9.53 Å².